The van der Waals surface area contributed by atoms with E-state index < -0.39 is 0 Å². The van der Waals surface area contributed by atoms with Gasteiger partial charge < -0.3 is 20.4 Å². The van der Waals surface area contributed by atoms with E-state index in [1.165, 1.54) is 0 Å². The first-order chi connectivity index (χ1) is 21.6. The average Bonchev–Trinajstić information content (AvgIpc) is 3.06. The molecule has 0 heterocycles. The molecule has 4 rings (SSSR count). The van der Waals surface area contributed by atoms with Crippen LogP contribution in [0.4, 0.5) is 0 Å². The summed E-state index contributed by atoms with van der Waals surface area (Å²) in [5.74, 6) is 0.913. The lowest BCUT2D eigenvalue weighted by Crippen LogP contribution is -2.19. The van der Waals surface area contributed by atoms with Crippen molar-refractivity contribution >= 4 is 245 Å². The normalized spacial score (nSPS) is 9.28. The Balaban J connectivity index is -0.000000153. The first-order valence-electron chi connectivity index (χ1n) is 12.2. The van der Waals surface area contributed by atoms with Gasteiger partial charge in [-0.15, -0.1) is 67.9 Å². The van der Waals surface area contributed by atoms with Gasteiger partial charge in [0.1, 0.15) is 23.0 Å². The SMILES string of the molecule is Br.Br.Br.Br.BrBr.BrBr.BrBr.BrBr.CC(C)(c1cc(Br)c(O)c(Br)c1)c1cc(Br)c(O)c(Br)c1.CC(C)(c1ccc(O)cc1)c1ccc(O)cc1. The molecule has 0 fully saturated rings. The molecule has 0 aliphatic heterocycles. The number of phenolic OH excluding ortho intramolecular Hbond substituents is 4. The van der Waals surface area contributed by atoms with Crippen LogP contribution in [0.5, 0.6) is 23.0 Å². The Hall–Kier alpha value is 3.76. The largest absolute Gasteiger partial charge is 0.508 e. The molecule has 4 aromatic rings. The Morgan fingerprint density at radius 1 is 0.360 bits per heavy atom. The highest BCUT2D eigenvalue weighted by Crippen LogP contribution is 2.43. The predicted molar refractivity (Wildman–Crippen MR) is 280 cm³/mol. The standard InChI is InChI=1S/C15H12Br4O2.C15H16O2.4Br2.4BrH/c1-15(2,7-3-9(16)13(20)10(17)4-7)8-5-11(18)14(21)12(19)6-8;1-15(2,11-3-7-13(16)8-4-11)12-5-9-14(17)10-6-12;4*1-2;;;;/h3-6,20-21H,1-2H3;3-10,16-17H,1-2H3;;;;;4*1H. The average molecular weight is 1740 g/mol. The van der Waals surface area contributed by atoms with Crippen molar-refractivity contribution in [2.75, 3.05) is 0 Å². The van der Waals surface area contributed by atoms with Crippen LogP contribution < -0.4 is 0 Å². The topological polar surface area (TPSA) is 80.9 Å². The number of hydrogen-bond donors (Lipinski definition) is 4. The molecule has 20 heteroatoms. The van der Waals surface area contributed by atoms with Gasteiger partial charge in [-0.25, -0.2) is 0 Å². The lowest BCUT2D eigenvalue weighted by atomic mass is 9.78. The van der Waals surface area contributed by atoms with Crippen LogP contribution in [0.25, 0.3) is 0 Å². The third-order valence-corrected chi connectivity index (χ3v) is 9.07. The van der Waals surface area contributed by atoms with Crippen molar-refractivity contribution in [1.82, 2.24) is 0 Å². The molecule has 0 aliphatic rings. The summed E-state index contributed by atoms with van der Waals surface area (Å²) in [6.45, 7) is 8.41. The Kier molecular flexibility index (Phi) is 45.6. The second-order valence-corrected chi connectivity index (χ2v) is 13.3. The molecule has 0 bridgehead atoms. The van der Waals surface area contributed by atoms with Crippen molar-refractivity contribution in [2.45, 2.75) is 38.5 Å². The first kappa shape index (κ1) is 65.6. The fourth-order valence-corrected chi connectivity index (χ4v) is 6.32. The van der Waals surface area contributed by atoms with E-state index in [0.717, 1.165) is 22.3 Å². The fourth-order valence-electron chi connectivity index (χ4n) is 3.94. The van der Waals surface area contributed by atoms with E-state index in [4.69, 9.17) is 0 Å². The first-order valence-corrected chi connectivity index (χ1v) is 30.2. The Morgan fingerprint density at radius 2 is 0.540 bits per heavy atom. The second-order valence-electron chi connectivity index (χ2n) is 9.92. The van der Waals surface area contributed by atoms with Gasteiger partial charge in [0.25, 0.3) is 0 Å². The highest BCUT2D eigenvalue weighted by molar-refractivity contribution is 9.93. The monoisotopic (exact) mass is 1720 g/mol. The summed E-state index contributed by atoms with van der Waals surface area (Å²) in [4.78, 5) is 0. The van der Waals surface area contributed by atoms with Gasteiger partial charge in [-0.05, 0) is 135 Å². The van der Waals surface area contributed by atoms with Crippen molar-refractivity contribution in [3.63, 3.8) is 0 Å². The fraction of sp³-hybridized carbons (Fsp3) is 0.200. The number of benzene rings is 4. The van der Waals surface area contributed by atoms with Gasteiger partial charge in [0, 0.05) is 124 Å². The summed E-state index contributed by atoms with van der Waals surface area (Å²) in [6, 6.07) is 22.0. The minimum absolute atomic E-state index is 0. The lowest BCUT2D eigenvalue weighted by Gasteiger charge is -2.27. The van der Waals surface area contributed by atoms with E-state index in [-0.39, 0.29) is 102 Å². The molecule has 288 valence electrons. The van der Waals surface area contributed by atoms with Crippen LogP contribution in [0.3, 0.4) is 0 Å². The molecule has 0 unspecified atom stereocenters. The Bertz CT molecular complexity index is 1300. The van der Waals surface area contributed by atoms with Crippen molar-refractivity contribution in [1.29, 1.82) is 0 Å². The molecule has 0 amide bonds. The van der Waals surface area contributed by atoms with Crippen molar-refractivity contribution in [3.8, 4) is 23.0 Å². The molecule has 0 spiro atoms. The van der Waals surface area contributed by atoms with Gasteiger partial charge in [-0.3, -0.25) is 0 Å². The summed E-state index contributed by atoms with van der Waals surface area (Å²) in [6.07, 6.45) is 0. The van der Waals surface area contributed by atoms with Crippen molar-refractivity contribution < 1.29 is 20.4 Å². The van der Waals surface area contributed by atoms with Crippen LogP contribution >= 0.6 is 245 Å². The summed E-state index contributed by atoms with van der Waals surface area (Å²) in [7, 11) is 0. The number of aromatic hydroxyl groups is 4. The summed E-state index contributed by atoms with van der Waals surface area (Å²) in [5.41, 5.74) is 3.85. The van der Waals surface area contributed by atoms with E-state index in [2.05, 4.69) is 204 Å². The van der Waals surface area contributed by atoms with Crippen LogP contribution in [-0.2, 0) is 10.8 Å². The van der Waals surface area contributed by atoms with Crippen LogP contribution in [0.1, 0.15) is 49.9 Å². The Labute approximate surface area is 432 Å². The minimum Gasteiger partial charge on any atom is -0.508 e. The van der Waals surface area contributed by atoms with Gasteiger partial charge in [0.05, 0.1) is 17.9 Å². The second kappa shape index (κ2) is 34.8. The molecule has 0 saturated carbocycles. The molecule has 4 nitrogen and oxygen atoms in total. The van der Waals surface area contributed by atoms with E-state index in [1.54, 1.807) is 24.3 Å². The van der Waals surface area contributed by atoms with Gasteiger partial charge >= 0.3 is 0 Å². The number of hydrogen-bond acceptors (Lipinski definition) is 4. The molecule has 4 N–H and O–H groups in total. The molecule has 0 aromatic heterocycles. The van der Waals surface area contributed by atoms with Gasteiger partial charge in [-0.1, -0.05) is 52.0 Å². The highest BCUT2D eigenvalue weighted by Gasteiger charge is 2.27. The molecule has 0 atom stereocenters. The molecule has 0 saturated heterocycles. The van der Waals surface area contributed by atoms with Crippen LogP contribution in [0.15, 0.2) is 90.7 Å². The number of halogens is 16. The highest BCUT2D eigenvalue weighted by atomic mass is 80.9. The Morgan fingerprint density at radius 3 is 0.740 bits per heavy atom. The van der Waals surface area contributed by atoms with Crippen LogP contribution in [0.2, 0.25) is 0 Å². The molecule has 0 aliphatic carbocycles. The maximum Gasteiger partial charge on any atom is 0.143 e. The van der Waals surface area contributed by atoms with Crippen LogP contribution in [-0.4, -0.2) is 20.4 Å². The molecule has 50 heavy (non-hydrogen) atoms. The predicted octanol–water partition coefficient (Wildman–Crippen LogP) is 19.0. The van der Waals surface area contributed by atoms with Crippen LogP contribution in [0, 0.1) is 0 Å². The summed E-state index contributed by atoms with van der Waals surface area (Å²) < 4.78 is 2.54. The molecular formula is C30H32Br16O4. The van der Waals surface area contributed by atoms with Gasteiger partial charge in [-0.2, -0.15) is 0 Å². The number of rotatable bonds is 4. The molecular weight excluding hydrogens is 1700 g/mol. The van der Waals surface area contributed by atoms with Gasteiger partial charge in [0.15, 0.2) is 0 Å². The maximum atomic E-state index is 9.85. The van der Waals surface area contributed by atoms with Crippen molar-refractivity contribution in [2.24, 2.45) is 0 Å². The lowest BCUT2D eigenvalue weighted by molar-refractivity contribution is 0.466. The molecule has 0 radical (unpaired) electrons. The third-order valence-electron chi connectivity index (χ3n) is 6.66. The maximum absolute atomic E-state index is 9.85. The summed E-state index contributed by atoms with van der Waals surface area (Å²) >= 11 is 35.5. The third kappa shape index (κ3) is 21.0. The van der Waals surface area contributed by atoms with E-state index in [9.17, 15) is 20.4 Å². The summed E-state index contributed by atoms with van der Waals surface area (Å²) in [5, 5.41) is 38.3. The minimum atomic E-state index is -0.308. The number of phenols is 4. The van der Waals surface area contributed by atoms with Crippen molar-refractivity contribution in [3.05, 3.63) is 113 Å². The van der Waals surface area contributed by atoms with E-state index in [1.807, 2.05) is 48.5 Å². The van der Waals surface area contributed by atoms with E-state index in [0.29, 0.717) is 17.9 Å². The zero-order valence-electron chi connectivity index (χ0n) is 25.9. The molecule has 4 aromatic carbocycles. The van der Waals surface area contributed by atoms with Gasteiger partial charge in [0.2, 0.25) is 0 Å². The quantitative estimate of drug-likeness (QED) is 0.164. The smallest absolute Gasteiger partial charge is 0.143 e. The van der Waals surface area contributed by atoms with E-state index >= 15 is 0 Å². The zero-order chi connectivity index (χ0) is 36.4. The zero-order valence-corrected chi connectivity index (χ0v) is 51.8.